The van der Waals surface area contributed by atoms with E-state index in [2.05, 4.69) is 15.6 Å². The van der Waals surface area contributed by atoms with Gasteiger partial charge in [-0.1, -0.05) is 6.92 Å². The molecule has 2 amide bonds. The van der Waals surface area contributed by atoms with Crippen molar-refractivity contribution in [3.05, 3.63) is 18.7 Å². The summed E-state index contributed by atoms with van der Waals surface area (Å²) in [5.41, 5.74) is 0. The number of rotatable bonds is 6. The molecule has 0 spiro atoms. The molecule has 1 rings (SSSR count). The third-order valence-electron chi connectivity index (χ3n) is 2.23. The van der Waals surface area contributed by atoms with Crippen LogP contribution in [0.1, 0.15) is 13.3 Å². The average Bonchev–Trinajstić information content (AvgIpc) is 2.78. The SMILES string of the molecule is CC[C@H](NC(=O)NCCn1ccnc1)C(=O)O. The van der Waals surface area contributed by atoms with Gasteiger partial charge in [0, 0.05) is 25.5 Å². The van der Waals surface area contributed by atoms with Crippen molar-refractivity contribution in [1.82, 2.24) is 20.2 Å². The van der Waals surface area contributed by atoms with Gasteiger partial charge in [-0.3, -0.25) is 0 Å². The Bertz CT molecular complexity index is 364. The Morgan fingerprint density at radius 1 is 1.53 bits per heavy atom. The van der Waals surface area contributed by atoms with Gasteiger partial charge < -0.3 is 20.3 Å². The van der Waals surface area contributed by atoms with E-state index in [-0.39, 0.29) is 0 Å². The second-order valence-corrected chi connectivity index (χ2v) is 3.50. The minimum atomic E-state index is -1.03. The molecule has 0 bridgehead atoms. The van der Waals surface area contributed by atoms with Crippen molar-refractivity contribution in [3.63, 3.8) is 0 Å². The van der Waals surface area contributed by atoms with E-state index in [9.17, 15) is 9.59 Å². The molecule has 1 aromatic heterocycles. The summed E-state index contributed by atoms with van der Waals surface area (Å²) in [6, 6.07) is -1.32. The van der Waals surface area contributed by atoms with Crippen molar-refractivity contribution in [3.8, 4) is 0 Å². The van der Waals surface area contributed by atoms with E-state index in [1.165, 1.54) is 0 Å². The van der Waals surface area contributed by atoms with Gasteiger partial charge in [-0.25, -0.2) is 14.6 Å². The van der Waals surface area contributed by atoms with Crippen LogP contribution in [0.15, 0.2) is 18.7 Å². The molecule has 3 N–H and O–H groups in total. The third kappa shape index (κ3) is 4.54. The maximum Gasteiger partial charge on any atom is 0.326 e. The van der Waals surface area contributed by atoms with Crippen LogP contribution >= 0.6 is 0 Å². The van der Waals surface area contributed by atoms with Crippen molar-refractivity contribution in [2.45, 2.75) is 25.9 Å². The molecule has 0 unspecified atom stereocenters. The monoisotopic (exact) mass is 240 g/mol. The largest absolute Gasteiger partial charge is 0.480 e. The molecule has 94 valence electrons. The number of nitrogens with one attached hydrogen (secondary N) is 2. The van der Waals surface area contributed by atoms with Gasteiger partial charge in [-0.2, -0.15) is 0 Å². The molecular formula is C10H16N4O3. The lowest BCUT2D eigenvalue weighted by molar-refractivity contribution is -0.139. The van der Waals surface area contributed by atoms with E-state index in [0.29, 0.717) is 19.5 Å². The summed E-state index contributed by atoms with van der Waals surface area (Å²) in [4.78, 5) is 25.9. The number of carbonyl (C=O) groups excluding carboxylic acids is 1. The molecule has 0 aliphatic heterocycles. The van der Waals surface area contributed by atoms with Crippen molar-refractivity contribution in [2.75, 3.05) is 6.54 Å². The highest BCUT2D eigenvalue weighted by Gasteiger charge is 2.16. The van der Waals surface area contributed by atoms with E-state index in [0.717, 1.165) is 0 Å². The Balaban J connectivity index is 2.23. The summed E-state index contributed by atoms with van der Waals surface area (Å²) in [5.74, 6) is -1.03. The topological polar surface area (TPSA) is 96.3 Å². The molecule has 0 radical (unpaired) electrons. The Morgan fingerprint density at radius 3 is 2.82 bits per heavy atom. The van der Waals surface area contributed by atoms with Gasteiger partial charge in [0.05, 0.1) is 6.33 Å². The van der Waals surface area contributed by atoms with Crippen molar-refractivity contribution in [2.24, 2.45) is 0 Å². The zero-order chi connectivity index (χ0) is 12.7. The number of hydrogen-bond donors (Lipinski definition) is 3. The van der Waals surface area contributed by atoms with E-state index in [1.54, 1.807) is 25.6 Å². The first kappa shape index (κ1) is 13.0. The first-order valence-electron chi connectivity index (χ1n) is 5.36. The Kier molecular flexibility index (Phi) is 4.99. The number of amides is 2. The standard InChI is InChI=1S/C10H16N4O3/c1-2-8(9(15)16)13-10(17)12-4-6-14-5-3-11-7-14/h3,5,7-8H,2,4,6H2,1H3,(H,15,16)(H2,12,13,17)/t8-/m0/s1. The molecular weight excluding hydrogens is 224 g/mol. The van der Waals surface area contributed by atoms with Gasteiger partial charge in [-0.05, 0) is 6.42 Å². The fraction of sp³-hybridized carbons (Fsp3) is 0.500. The quantitative estimate of drug-likeness (QED) is 0.654. The lowest BCUT2D eigenvalue weighted by Crippen LogP contribution is -2.46. The van der Waals surface area contributed by atoms with Gasteiger partial charge >= 0.3 is 12.0 Å². The second-order valence-electron chi connectivity index (χ2n) is 3.50. The first-order chi connectivity index (χ1) is 8.13. The molecule has 17 heavy (non-hydrogen) atoms. The van der Waals surface area contributed by atoms with Crippen LogP contribution in [0.2, 0.25) is 0 Å². The zero-order valence-electron chi connectivity index (χ0n) is 9.59. The number of carbonyl (C=O) groups is 2. The lowest BCUT2D eigenvalue weighted by atomic mass is 10.2. The molecule has 0 aliphatic carbocycles. The van der Waals surface area contributed by atoms with Crippen LogP contribution < -0.4 is 10.6 Å². The fourth-order valence-electron chi connectivity index (χ4n) is 1.27. The molecule has 1 atom stereocenters. The number of carboxylic acids is 1. The second kappa shape index (κ2) is 6.51. The summed E-state index contributed by atoms with van der Waals surface area (Å²) in [7, 11) is 0. The zero-order valence-corrected chi connectivity index (χ0v) is 9.59. The van der Waals surface area contributed by atoms with Gasteiger partial charge in [0.25, 0.3) is 0 Å². The maximum absolute atomic E-state index is 11.3. The van der Waals surface area contributed by atoms with Crippen LogP contribution in [0.4, 0.5) is 4.79 Å². The molecule has 0 aliphatic rings. The van der Waals surface area contributed by atoms with Gasteiger partial charge in [0.1, 0.15) is 6.04 Å². The maximum atomic E-state index is 11.3. The number of imidazole rings is 1. The van der Waals surface area contributed by atoms with Gasteiger partial charge in [0.2, 0.25) is 0 Å². The summed E-state index contributed by atoms with van der Waals surface area (Å²) in [6.07, 6.45) is 5.43. The average molecular weight is 240 g/mol. The van der Waals surface area contributed by atoms with E-state index in [1.807, 2.05) is 4.57 Å². The highest BCUT2D eigenvalue weighted by Crippen LogP contribution is 1.90. The highest BCUT2D eigenvalue weighted by molar-refractivity contribution is 5.82. The van der Waals surface area contributed by atoms with E-state index in [4.69, 9.17) is 5.11 Å². The minimum Gasteiger partial charge on any atom is -0.480 e. The predicted molar refractivity (Wildman–Crippen MR) is 60.5 cm³/mol. The molecule has 1 heterocycles. The predicted octanol–water partition coefficient (Wildman–Crippen LogP) is 0.0455. The summed E-state index contributed by atoms with van der Waals surface area (Å²) in [6.45, 7) is 2.71. The van der Waals surface area contributed by atoms with Crippen LogP contribution in [-0.4, -0.2) is 39.2 Å². The first-order valence-corrected chi connectivity index (χ1v) is 5.36. The smallest absolute Gasteiger partial charge is 0.326 e. The summed E-state index contributed by atoms with van der Waals surface area (Å²) >= 11 is 0. The Labute approximate surface area is 98.8 Å². The number of aromatic nitrogens is 2. The molecule has 0 fully saturated rings. The molecule has 1 aromatic rings. The molecule has 0 saturated carbocycles. The Morgan fingerprint density at radius 2 is 2.29 bits per heavy atom. The number of nitrogens with zero attached hydrogens (tertiary/aromatic N) is 2. The van der Waals surface area contributed by atoms with Crippen LogP contribution in [0.3, 0.4) is 0 Å². The van der Waals surface area contributed by atoms with Crippen LogP contribution in [0.5, 0.6) is 0 Å². The molecule has 7 nitrogen and oxygen atoms in total. The minimum absolute atomic E-state index is 0.351. The van der Waals surface area contributed by atoms with Gasteiger partial charge in [-0.15, -0.1) is 0 Å². The number of carboxylic acid groups (broad SMARTS) is 1. The van der Waals surface area contributed by atoms with Crippen molar-refractivity contribution < 1.29 is 14.7 Å². The van der Waals surface area contributed by atoms with Crippen LogP contribution in [0, 0.1) is 0 Å². The summed E-state index contributed by atoms with van der Waals surface area (Å²) in [5, 5.41) is 13.7. The van der Waals surface area contributed by atoms with E-state index >= 15 is 0 Å². The van der Waals surface area contributed by atoms with Gasteiger partial charge in [0.15, 0.2) is 0 Å². The number of urea groups is 1. The third-order valence-corrected chi connectivity index (χ3v) is 2.23. The number of hydrogen-bond acceptors (Lipinski definition) is 3. The Hall–Kier alpha value is -2.05. The molecule has 0 aromatic carbocycles. The normalized spacial score (nSPS) is 11.8. The van der Waals surface area contributed by atoms with Crippen LogP contribution in [-0.2, 0) is 11.3 Å². The lowest BCUT2D eigenvalue weighted by Gasteiger charge is -2.13. The molecule has 7 heteroatoms. The van der Waals surface area contributed by atoms with Crippen molar-refractivity contribution >= 4 is 12.0 Å². The summed E-state index contributed by atoms with van der Waals surface area (Å²) < 4.78 is 1.81. The highest BCUT2D eigenvalue weighted by atomic mass is 16.4. The number of aliphatic carboxylic acids is 1. The van der Waals surface area contributed by atoms with Crippen molar-refractivity contribution in [1.29, 1.82) is 0 Å². The van der Waals surface area contributed by atoms with E-state index < -0.39 is 18.0 Å². The fourth-order valence-corrected chi connectivity index (χ4v) is 1.27. The molecule has 0 saturated heterocycles. The van der Waals surface area contributed by atoms with Crippen LogP contribution in [0.25, 0.3) is 0 Å².